The number of amides is 1. The van der Waals surface area contributed by atoms with Crippen molar-refractivity contribution in [2.45, 2.75) is 26.9 Å². The van der Waals surface area contributed by atoms with Gasteiger partial charge in [-0.2, -0.15) is 0 Å². The standard InChI is InChI=1S/C19H21N3O4/c1-12-4-5-14(26-12)11-20-18(23)15-10-16-17(21-13(15)2)6-7-22(19(16)24)8-9-25-3/h4-7,10H,8-9,11H2,1-3H3,(H,20,23). The Kier molecular flexibility index (Phi) is 5.18. The molecule has 0 saturated heterocycles. The van der Waals surface area contributed by atoms with E-state index in [9.17, 15) is 9.59 Å². The molecule has 3 aromatic heterocycles. The minimum atomic E-state index is -0.294. The number of ether oxygens (including phenoxy) is 1. The summed E-state index contributed by atoms with van der Waals surface area (Å²) < 4.78 is 12.0. The number of carbonyl (C=O) groups is 1. The third-order valence-corrected chi connectivity index (χ3v) is 4.15. The molecule has 0 aliphatic heterocycles. The zero-order valence-electron chi connectivity index (χ0n) is 15.0. The van der Waals surface area contributed by atoms with Crippen LogP contribution in [0.3, 0.4) is 0 Å². The van der Waals surface area contributed by atoms with Crippen molar-refractivity contribution in [2.75, 3.05) is 13.7 Å². The maximum atomic E-state index is 12.6. The van der Waals surface area contributed by atoms with Gasteiger partial charge >= 0.3 is 0 Å². The lowest BCUT2D eigenvalue weighted by Gasteiger charge is -2.10. The second kappa shape index (κ2) is 7.53. The Morgan fingerprint density at radius 2 is 2.12 bits per heavy atom. The van der Waals surface area contributed by atoms with E-state index < -0.39 is 0 Å². The number of nitrogens with zero attached hydrogens (tertiary/aromatic N) is 2. The van der Waals surface area contributed by atoms with E-state index in [-0.39, 0.29) is 18.0 Å². The average molecular weight is 355 g/mol. The maximum Gasteiger partial charge on any atom is 0.260 e. The van der Waals surface area contributed by atoms with Gasteiger partial charge in [0.25, 0.3) is 11.5 Å². The number of hydrogen-bond acceptors (Lipinski definition) is 5. The van der Waals surface area contributed by atoms with Crippen LogP contribution in [-0.4, -0.2) is 29.2 Å². The van der Waals surface area contributed by atoms with E-state index in [4.69, 9.17) is 9.15 Å². The van der Waals surface area contributed by atoms with Gasteiger partial charge in [-0.1, -0.05) is 0 Å². The highest BCUT2D eigenvalue weighted by Crippen LogP contribution is 2.14. The quantitative estimate of drug-likeness (QED) is 0.732. The summed E-state index contributed by atoms with van der Waals surface area (Å²) in [6.07, 6.45) is 1.69. The molecule has 7 heteroatoms. The molecule has 3 rings (SSSR count). The van der Waals surface area contributed by atoms with E-state index >= 15 is 0 Å². The SMILES string of the molecule is COCCn1ccc2nc(C)c(C(=O)NCc3ccc(C)o3)cc2c1=O. The molecular weight excluding hydrogens is 334 g/mol. The number of furan rings is 1. The molecule has 1 amide bonds. The van der Waals surface area contributed by atoms with Crippen LogP contribution in [0.15, 0.2) is 39.7 Å². The molecule has 0 bridgehead atoms. The molecular formula is C19H21N3O4. The van der Waals surface area contributed by atoms with Gasteiger partial charge < -0.3 is 19.0 Å². The van der Waals surface area contributed by atoms with Crippen molar-refractivity contribution in [1.82, 2.24) is 14.9 Å². The maximum absolute atomic E-state index is 12.6. The summed E-state index contributed by atoms with van der Waals surface area (Å²) in [7, 11) is 1.58. The Labute approximate surface area is 150 Å². The number of nitrogens with one attached hydrogen (secondary N) is 1. The van der Waals surface area contributed by atoms with Gasteiger partial charge in [-0.3, -0.25) is 14.6 Å². The smallest absolute Gasteiger partial charge is 0.260 e. The molecule has 0 radical (unpaired) electrons. The summed E-state index contributed by atoms with van der Waals surface area (Å²) >= 11 is 0. The number of rotatable bonds is 6. The summed E-state index contributed by atoms with van der Waals surface area (Å²) in [4.78, 5) is 29.6. The van der Waals surface area contributed by atoms with Crippen molar-refractivity contribution >= 4 is 16.8 Å². The first-order chi connectivity index (χ1) is 12.5. The van der Waals surface area contributed by atoms with Gasteiger partial charge in [0, 0.05) is 19.9 Å². The summed E-state index contributed by atoms with van der Waals surface area (Å²) in [6, 6.07) is 7.03. The van der Waals surface area contributed by atoms with Crippen LogP contribution < -0.4 is 10.9 Å². The fourth-order valence-electron chi connectivity index (χ4n) is 2.74. The third-order valence-electron chi connectivity index (χ3n) is 4.15. The van der Waals surface area contributed by atoms with Gasteiger partial charge in [0.15, 0.2) is 0 Å². The molecule has 7 nitrogen and oxygen atoms in total. The highest BCUT2D eigenvalue weighted by atomic mass is 16.5. The Morgan fingerprint density at radius 1 is 1.31 bits per heavy atom. The third kappa shape index (κ3) is 3.67. The zero-order chi connectivity index (χ0) is 18.7. The van der Waals surface area contributed by atoms with Gasteiger partial charge in [0.05, 0.1) is 35.3 Å². The summed E-state index contributed by atoms with van der Waals surface area (Å²) in [5.41, 5.74) is 1.32. The molecule has 0 unspecified atom stereocenters. The fraction of sp³-hybridized carbons (Fsp3) is 0.316. The van der Waals surface area contributed by atoms with Gasteiger partial charge in [-0.05, 0) is 38.1 Å². The van der Waals surface area contributed by atoms with Crippen LogP contribution in [0.25, 0.3) is 10.9 Å². The number of hydrogen-bond donors (Lipinski definition) is 1. The Bertz CT molecular complexity index is 1000. The van der Waals surface area contributed by atoms with Crippen molar-refractivity contribution in [3.8, 4) is 0 Å². The van der Waals surface area contributed by atoms with E-state index in [1.807, 2.05) is 19.1 Å². The topological polar surface area (TPSA) is 86.4 Å². The molecule has 136 valence electrons. The Balaban J connectivity index is 1.89. The lowest BCUT2D eigenvalue weighted by molar-refractivity contribution is 0.0947. The number of pyridine rings is 2. The van der Waals surface area contributed by atoms with Crippen LogP contribution in [0, 0.1) is 13.8 Å². The van der Waals surface area contributed by atoms with E-state index in [0.717, 1.165) is 5.76 Å². The Hall–Kier alpha value is -2.93. The van der Waals surface area contributed by atoms with Gasteiger partial charge in [-0.25, -0.2) is 0 Å². The molecule has 0 fully saturated rings. The van der Waals surface area contributed by atoms with Crippen LogP contribution in [-0.2, 0) is 17.8 Å². The van der Waals surface area contributed by atoms with Crippen molar-refractivity contribution in [3.05, 3.63) is 63.6 Å². The monoisotopic (exact) mass is 355 g/mol. The van der Waals surface area contributed by atoms with E-state index in [0.29, 0.717) is 41.1 Å². The van der Waals surface area contributed by atoms with Crippen LogP contribution >= 0.6 is 0 Å². The second-order valence-corrected chi connectivity index (χ2v) is 6.06. The highest BCUT2D eigenvalue weighted by Gasteiger charge is 2.14. The van der Waals surface area contributed by atoms with Crippen molar-refractivity contribution in [2.24, 2.45) is 0 Å². The molecule has 3 aromatic rings. The molecule has 0 aromatic carbocycles. The molecule has 1 N–H and O–H groups in total. The predicted octanol–water partition coefficient (Wildman–Crippen LogP) is 2.18. The molecule has 0 atom stereocenters. The summed E-state index contributed by atoms with van der Waals surface area (Å²) in [5, 5.41) is 3.21. The first kappa shape index (κ1) is 17.9. The van der Waals surface area contributed by atoms with Crippen molar-refractivity contribution < 1.29 is 13.9 Å². The summed E-state index contributed by atoms with van der Waals surface area (Å²) in [5.74, 6) is 1.16. The number of aromatic nitrogens is 2. The van der Waals surface area contributed by atoms with Crippen molar-refractivity contribution in [3.63, 3.8) is 0 Å². The number of methoxy groups -OCH3 is 1. The normalized spacial score (nSPS) is 11.0. The molecule has 0 aliphatic carbocycles. The molecule has 3 heterocycles. The van der Waals surface area contributed by atoms with Crippen LogP contribution in [0.1, 0.15) is 27.6 Å². The molecule has 0 saturated carbocycles. The highest BCUT2D eigenvalue weighted by molar-refractivity contribution is 5.98. The lowest BCUT2D eigenvalue weighted by atomic mass is 10.1. The number of aryl methyl sites for hydroxylation is 2. The van der Waals surface area contributed by atoms with Crippen molar-refractivity contribution in [1.29, 1.82) is 0 Å². The molecule has 0 aliphatic rings. The summed E-state index contributed by atoms with van der Waals surface area (Å²) in [6.45, 7) is 4.75. The largest absolute Gasteiger partial charge is 0.465 e. The Morgan fingerprint density at radius 3 is 2.81 bits per heavy atom. The fourth-order valence-corrected chi connectivity index (χ4v) is 2.74. The first-order valence-electron chi connectivity index (χ1n) is 8.33. The van der Waals surface area contributed by atoms with E-state index in [1.165, 1.54) is 0 Å². The minimum Gasteiger partial charge on any atom is -0.465 e. The van der Waals surface area contributed by atoms with Gasteiger partial charge in [0.2, 0.25) is 0 Å². The average Bonchev–Trinajstić information content (AvgIpc) is 3.04. The first-order valence-corrected chi connectivity index (χ1v) is 8.33. The van der Waals surface area contributed by atoms with Crippen LogP contribution in [0.5, 0.6) is 0 Å². The minimum absolute atomic E-state index is 0.192. The second-order valence-electron chi connectivity index (χ2n) is 6.06. The number of carbonyl (C=O) groups excluding carboxylic acids is 1. The molecule has 26 heavy (non-hydrogen) atoms. The molecule has 0 spiro atoms. The van der Waals surface area contributed by atoms with Gasteiger partial charge in [-0.15, -0.1) is 0 Å². The predicted molar refractivity (Wildman–Crippen MR) is 97.2 cm³/mol. The van der Waals surface area contributed by atoms with Crippen LogP contribution in [0.4, 0.5) is 0 Å². The lowest BCUT2D eigenvalue weighted by Crippen LogP contribution is -2.25. The van der Waals surface area contributed by atoms with E-state index in [2.05, 4.69) is 10.3 Å². The zero-order valence-corrected chi connectivity index (χ0v) is 15.0. The van der Waals surface area contributed by atoms with E-state index in [1.54, 1.807) is 36.9 Å². The van der Waals surface area contributed by atoms with Crippen LogP contribution in [0.2, 0.25) is 0 Å². The number of fused-ring (bicyclic) bond motifs is 1. The van der Waals surface area contributed by atoms with Gasteiger partial charge in [0.1, 0.15) is 11.5 Å².